The van der Waals surface area contributed by atoms with Crippen LogP contribution in [0.25, 0.3) is 16.9 Å². The maximum Gasteiger partial charge on any atom is 0.174 e. The van der Waals surface area contributed by atoms with Gasteiger partial charge in [0.1, 0.15) is 5.82 Å². The lowest BCUT2D eigenvalue weighted by Crippen LogP contribution is -2.10. The van der Waals surface area contributed by atoms with E-state index in [0.29, 0.717) is 6.42 Å². The van der Waals surface area contributed by atoms with E-state index in [0.717, 1.165) is 36.0 Å². The number of nitrogens with one attached hydrogen (secondary N) is 1. The molecule has 3 rings (SSSR count). The number of imidazole rings is 1. The van der Waals surface area contributed by atoms with Gasteiger partial charge in [0.25, 0.3) is 0 Å². The summed E-state index contributed by atoms with van der Waals surface area (Å²) in [6.07, 6.45) is 2.88. The van der Waals surface area contributed by atoms with Crippen molar-refractivity contribution in [1.29, 1.82) is 0 Å². The number of pyridine rings is 1. The number of hydrogen-bond donors (Lipinski definition) is 1. The molecule has 0 amide bonds. The van der Waals surface area contributed by atoms with Crippen LogP contribution in [0, 0.1) is 11.6 Å². The van der Waals surface area contributed by atoms with Crippen LogP contribution in [0.5, 0.6) is 0 Å². The van der Waals surface area contributed by atoms with Gasteiger partial charge in [0.2, 0.25) is 0 Å². The van der Waals surface area contributed by atoms with E-state index in [1.54, 1.807) is 0 Å². The Hall–Kier alpha value is -2.27. The van der Waals surface area contributed by atoms with Crippen molar-refractivity contribution >= 4 is 5.65 Å². The summed E-state index contributed by atoms with van der Waals surface area (Å²) in [7, 11) is 1.92. The highest BCUT2D eigenvalue weighted by Crippen LogP contribution is 2.27. The molecule has 3 nitrogen and oxygen atoms in total. The van der Waals surface area contributed by atoms with Crippen molar-refractivity contribution in [3.8, 4) is 11.3 Å². The number of rotatable bonds is 5. The minimum absolute atomic E-state index is 0.164. The fourth-order valence-electron chi connectivity index (χ4n) is 2.77. The second kappa shape index (κ2) is 6.46. The Morgan fingerprint density at radius 3 is 2.57 bits per heavy atom. The third-order valence-corrected chi connectivity index (χ3v) is 3.94. The van der Waals surface area contributed by atoms with Crippen molar-refractivity contribution in [1.82, 2.24) is 14.7 Å². The van der Waals surface area contributed by atoms with Crippen LogP contribution in [0.1, 0.15) is 18.2 Å². The Bertz CT molecular complexity index is 822. The maximum absolute atomic E-state index is 14.0. The monoisotopic (exact) mass is 315 g/mol. The lowest BCUT2D eigenvalue weighted by molar-refractivity contribution is 0.577. The Kier molecular flexibility index (Phi) is 4.39. The summed E-state index contributed by atoms with van der Waals surface area (Å²) in [5.41, 5.74) is 3.80. The van der Waals surface area contributed by atoms with Crippen LogP contribution in [0.3, 0.4) is 0 Å². The normalized spacial score (nSPS) is 11.3. The molecule has 0 bridgehead atoms. The van der Waals surface area contributed by atoms with E-state index in [-0.39, 0.29) is 5.65 Å². The van der Waals surface area contributed by atoms with E-state index in [4.69, 9.17) is 0 Å². The smallest absolute Gasteiger partial charge is 0.174 e. The van der Waals surface area contributed by atoms with Gasteiger partial charge in [-0.25, -0.2) is 13.8 Å². The molecule has 0 aliphatic rings. The molecule has 0 aliphatic carbocycles. The van der Waals surface area contributed by atoms with Gasteiger partial charge in [0.05, 0.1) is 11.4 Å². The van der Waals surface area contributed by atoms with Crippen LogP contribution in [-0.4, -0.2) is 23.0 Å². The highest BCUT2D eigenvalue weighted by atomic mass is 19.1. The molecule has 2 aromatic heterocycles. The fourth-order valence-corrected chi connectivity index (χ4v) is 2.77. The number of fused-ring (bicyclic) bond motifs is 1. The minimum atomic E-state index is -0.642. The van der Waals surface area contributed by atoms with Crippen LogP contribution >= 0.6 is 0 Å². The first-order chi connectivity index (χ1) is 11.1. The Balaban J connectivity index is 2.11. The van der Waals surface area contributed by atoms with E-state index in [1.807, 2.05) is 38.2 Å². The molecule has 1 N–H and O–H groups in total. The van der Waals surface area contributed by atoms with E-state index in [1.165, 1.54) is 16.2 Å². The first-order valence-corrected chi connectivity index (χ1v) is 7.74. The van der Waals surface area contributed by atoms with E-state index >= 15 is 0 Å². The molecular formula is C18H19F2N3. The molecule has 0 radical (unpaired) electrons. The summed E-state index contributed by atoms with van der Waals surface area (Å²) >= 11 is 0. The summed E-state index contributed by atoms with van der Waals surface area (Å²) in [4.78, 5) is 4.33. The summed E-state index contributed by atoms with van der Waals surface area (Å²) in [5.74, 6) is -1.25. The number of hydrogen-bond acceptors (Lipinski definition) is 2. The standard InChI is InChI=1S/C18H19F2N3/c1-3-16-17(13-6-4-12(5-7-13)8-9-21-2)23-11-14(19)10-15(20)18(23)22-16/h4-7,10-11,21H,3,8-9H2,1-2H3. The molecule has 0 saturated carbocycles. The van der Waals surface area contributed by atoms with Crippen LogP contribution in [-0.2, 0) is 12.8 Å². The molecule has 120 valence electrons. The van der Waals surface area contributed by atoms with Gasteiger partial charge in [-0.15, -0.1) is 0 Å². The van der Waals surface area contributed by atoms with Gasteiger partial charge in [-0.1, -0.05) is 31.2 Å². The molecule has 5 heteroatoms. The van der Waals surface area contributed by atoms with E-state index in [9.17, 15) is 8.78 Å². The SMILES string of the molecule is CCc1nc2c(F)cc(F)cn2c1-c1ccc(CCNC)cc1. The molecular weight excluding hydrogens is 296 g/mol. The van der Waals surface area contributed by atoms with Crippen LogP contribution in [0.15, 0.2) is 36.5 Å². The van der Waals surface area contributed by atoms with Crippen LogP contribution in [0.4, 0.5) is 8.78 Å². The van der Waals surface area contributed by atoms with Gasteiger partial charge in [-0.2, -0.15) is 0 Å². The Morgan fingerprint density at radius 1 is 1.17 bits per heavy atom. The number of likely N-dealkylation sites (N-methyl/N-ethyl adjacent to an activating group) is 1. The number of nitrogens with zero attached hydrogens (tertiary/aromatic N) is 2. The highest BCUT2D eigenvalue weighted by Gasteiger charge is 2.16. The second-order valence-electron chi connectivity index (χ2n) is 5.51. The quantitative estimate of drug-likeness (QED) is 0.779. The molecule has 0 fully saturated rings. The van der Waals surface area contributed by atoms with Crippen molar-refractivity contribution in [2.24, 2.45) is 0 Å². The summed E-state index contributed by atoms with van der Waals surface area (Å²) < 4.78 is 29.1. The molecule has 3 aromatic rings. The van der Waals surface area contributed by atoms with Crippen molar-refractivity contribution < 1.29 is 8.78 Å². The van der Waals surface area contributed by atoms with Crippen molar-refractivity contribution in [3.05, 3.63) is 59.4 Å². The van der Waals surface area contributed by atoms with Crippen molar-refractivity contribution in [2.75, 3.05) is 13.6 Å². The molecule has 0 unspecified atom stereocenters. The number of aryl methyl sites for hydroxylation is 1. The molecule has 23 heavy (non-hydrogen) atoms. The number of aromatic nitrogens is 2. The summed E-state index contributed by atoms with van der Waals surface area (Å²) in [5, 5.41) is 3.12. The van der Waals surface area contributed by atoms with Gasteiger partial charge >= 0.3 is 0 Å². The van der Waals surface area contributed by atoms with E-state index in [2.05, 4.69) is 10.3 Å². The topological polar surface area (TPSA) is 29.3 Å². The lowest BCUT2D eigenvalue weighted by atomic mass is 10.0. The first-order valence-electron chi connectivity index (χ1n) is 7.74. The molecule has 0 aliphatic heterocycles. The third kappa shape index (κ3) is 2.97. The Labute approximate surface area is 134 Å². The van der Waals surface area contributed by atoms with Gasteiger partial charge < -0.3 is 5.32 Å². The predicted molar refractivity (Wildman–Crippen MR) is 87.6 cm³/mol. The fraction of sp³-hybridized carbons (Fsp3) is 0.278. The zero-order chi connectivity index (χ0) is 16.4. The second-order valence-corrected chi connectivity index (χ2v) is 5.51. The molecule has 0 atom stereocenters. The van der Waals surface area contributed by atoms with Gasteiger partial charge in [0.15, 0.2) is 11.5 Å². The number of halogens is 2. The third-order valence-electron chi connectivity index (χ3n) is 3.94. The van der Waals surface area contributed by atoms with Gasteiger partial charge in [-0.3, -0.25) is 4.40 Å². The zero-order valence-corrected chi connectivity index (χ0v) is 13.2. The molecule has 0 spiro atoms. The Morgan fingerprint density at radius 2 is 1.91 bits per heavy atom. The predicted octanol–water partition coefficient (Wildman–Crippen LogP) is 3.60. The largest absolute Gasteiger partial charge is 0.319 e. The van der Waals surface area contributed by atoms with Crippen LogP contribution in [0.2, 0.25) is 0 Å². The molecule has 2 heterocycles. The molecule has 1 aromatic carbocycles. The van der Waals surface area contributed by atoms with Gasteiger partial charge in [0, 0.05) is 17.8 Å². The average Bonchev–Trinajstić information content (AvgIpc) is 2.92. The zero-order valence-electron chi connectivity index (χ0n) is 13.2. The molecule has 0 saturated heterocycles. The minimum Gasteiger partial charge on any atom is -0.319 e. The van der Waals surface area contributed by atoms with Crippen LogP contribution < -0.4 is 5.32 Å². The average molecular weight is 315 g/mol. The highest BCUT2D eigenvalue weighted by molar-refractivity contribution is 5.68. The van der Waals surface area contributed by atoms with E-state index < -0.39 is 11.6 Å². The summed E-state index contributed by atoms with van der Waals surface area (Å²) in [6, 6.07) is 8.92. The number of benzene rings is 1. The first kappa shape index (κ1) is 15.6. The maximum atomic E-state index is 14.0. The summed E-state index contributed by atoms with van der Waals surface area (Å²) in [6.45, 7) is 2.87. The van der Waals surface area contributed by atoms with Crippen molar-refractivity contribution in [3.63, 3.8) is 0 Å². The van der Waals surface area contributed by atoms with Crippen molar-refractivity contribution in [2.45, 2.75) is 19.8 Å². The van der Waals surface area contributed by atoms with Gasteiger partial charge in [-0.05, 0) is 32.0 Å². The lowest BCUT2D eigenvalue weighted by Gasteiger charge is -2.07.